The first-order valence-electron chi connectivity index (χ1n) is 6.97. The maximum Gasteiger partial charge on any atom is 0.435 e. The van der Waals surface area contributed by atoms with Crippen molar-refractivity contribution in [2.24, 2.45) is 0 Å². The summed E-state index contributed by atoms with van der Waals surface area (Å²) in [5, 5.41) is 4.57. The van der Waals surface area contributed by atoms with E-state index in [1.54, 1.807) is 39.0 Å². The van der Waals surface area contributed by atoms with E-state index in [0.717, 1.165) is 4.68 Å². The highest BCUT2D eigenvalue weighted by atomic mass is 79.9. The van der Waals surface area contributed by atoms with Gasteiger partial charge in [-0.15, -0.1) is 0 Å². The molecule has 2 rings (SSSR count). The van der Waals surface area contributed by atoms with E-state index in [4.69, 9.17) is 9.47 Å². The van der Waals surface area contributed by atoms with Crippen molar-refractivity contribution in [3.8, 4) is 17.0 Å². The monoisotopic (exact) mass is 384 g/mol. The Labute approximate surface area is 142 Å². The molecule has 0 spiro atoms. The Kier molecular flexibility index (Phi) is 5.09. The van der Waals surface area contributed by atoms with Crippen LogP contribution in [0.5, 0.6) is 5.75 Å². The molecular formula is C16H18BrFN2O3. The zero-order valence-corrected chi connectivity index (χ0v) is 15.0. The molecule has 23 heavy (non-hydrogen) atoms. The molecule has 1 heterocycles. The summed E-state index contributed by atoms with van der Waals surface area (Å²) in [6.07, 6.45) is -0.605. The summed E-state index contributed by atoms with van der Waals surface area (Å²) >= 11 is 3.30. The van der Waals surface area contributed by atoms with Crippen molar-refractivity contribution in [1.29, 1.82) is 0 Å². The predicted octanol–water partition coefficient (Wildman–Crippen LogP) is 4.38. The Bertz CT molecular complexity index is 723. The minimum absolute atomic E-state index is 0.287. The van der Waals surface area contributed by atoms with Gasteiger partial charge in [-0.3, -0.25) is 0 Å². The molecular weight excluding hydrogens is 367 g/mol. The molecule has 1 aromatic heterocycles. The lowest BCUT2D eigenvalue weighted by Crippen LogP contribution is -2.28. The first-order valence-corrected chi connectivity index (χ1v) is 8.09. The molecule has 0 amide bonds. The molecule has 5 nitrogen and oxygen atoms in total. The van der Waals surface area contributed by atoms with Gasteiger partial charge in [0.1, 0.15) is 17.2 Å². The molecule has 0 N–H and O–H groups in total. The van der Waals surface area contributed by atoms with Crippen LogP contribution >= 0.6 is 15.9 Å². The largest absolute Gasteiger partial charge is 0.497 e. The van der Waals surface area contributed by atoms with Crippen molar-refractivity contribution in [3.05, 3.63) is 35.8 Å². The first kappa shape index (κ1) is 17.5. The number of halogens is 2. The van der Waals surface area contributed by atoms with Crippen molar-refractivity contribution in [2.75, 3.05) is 7.11 Å². The number of methoxy groups -OCH3 is 1. The smallest absolute Gasteiger partial charge is 0.435 e. The fourth-order valence-electron chi connectivity index (χ4n) is 1.94. The Morgan fingerprint density at radius 2 is 2.04 bits per heavy atom. The molecule has 0 atom stereocenters. The lowest BCUT2D eigenvalue weighted by Gasteiger charge is -2.19. The summed E-state index contributed by atoms with van der Waals surface area (Å²) in [4.78, 5) is 12.2. The number of alkyl halides is 1. The van der Waals surface area contributed by atoms with Gasteiger partial charge in [0.2, 0.25) is 0 Å². The van der Waals surface area contributed by atoms with E-state index >= 15 is 0 Å². The molecule has 124 valence electrons. The minimum Gasteiger partial charge on any atom is -0.497 e. The zero-order valence-electron chi connectivity index (χ0n) is 13.4. The van der Waals surface area contributed by atoms with Gasteiger partial charge in [0.05, 0.1) is 18.5 Å². The summed E-state index contributed by atoms with van der Waals surface area (Å²) in [6.45, 7) is 5.31. The van der Waals surface area contributed by atoms with E-state index in [1.807, 2.05) is 0 Å². The van der Waals surface area contributed by atoms with Crippen molar-refractivity contribution in [1.82, 2.24) is 9.78 Å². The van der Waals surface area contributed by atoms with E-state index in [1.165, 1.54) is 13.2 Å². The number of rotatable bonds is 3. The lowest BCUT2D eigenvalue weighted by molar-refractivity contribution is 0.0511. The molecule has 1 aromatic carbocycles. The lowest BCUT2D eigenvalue weighted by atomic mass is 10.1. The van der Waals surface area contributed by atoms with Crippen LogP contribution in [-0.2, 0) is 10.1 Å². The average molecular weight is 385 g/mol. The molecule has 0 saturated heterocycles. The Hall–Kier alpha value is -1.89. The third kappa shape index (κ3) is 4.10. The zero-order chi connectivity index (χ0) is 17.2. The molecule has 0 aliphatic heterocycles. The summed E-state index contributed by atoms with van der Waals surface area (Å²) in [7, 11) is 1.47. The summed E-state index contributed by atoms with van der Waals surface area (Å²) in [5.41, 5.74) is 0.572. The molecule has 0 saturated carbocycles. The topological polar surface area (TPSA) is 53.4 Å². The third-order valence-corrected chi connectivity index (χ3v) is 3.51. The van der Waals surface area contributed by atoms with Crippen LogP contribution in [-0.4, -0.2) is 28.6 Å². The van der Waals surface area contributed by atoms with Crippen LogP contribution < -0.4 is 4.74 Å². The third-order valence-electron chi connectivity index (χ3n) is 2.94. The van der Waals surface area contributed by atoms with Gasteiger partial charge in [0.15, 0.2) is 0 Å². The molecule has 0 aliphatic rings. The van der Waals surface area contributed by atoms with E-state index in [-0.39, 0.29) is 5.56 Å². The molecule has 0 radical (unpaired) electrons. The molecule has 0 fully saturated rings. The van der Waals surface area contributed by atoms with Crippen LogP contribution in [0.3, 0.4) is 0 Å². The second kappa shape index (κ2) is 6.70. The number of hydrogen-bond donors (Lipinski definition) is 0. The average Bonchev–Trinajstić information content (AvgIpc) is 2.89. The SMILES string of the molecule is COc1ccc(-c2cc(CBr)n(C(=O)OC(C)(C)C)n2)c(F)c1. The van der Waals surface area contributed by atoms with Crippen LogP contribution in [0.1, 0.15) is 26.5 Å². The summed E-state index contributed by atoms with van der Waals surface area (Å²) < 4.78 is 25.6. The van der Waals surface area contributed by atoms with Gasteiger partial charge in [-0.25, -0.2) is 9.18 Å². The highest BCUT2D eigenvalue weighted by molar-refractivity contribution is 9.08. The number of aromatic nitrogens is 2. The standard InChI is InChI=1S/C16H18BrFN2O3/c1-16(2,3)23-15(21)20-10(9-17)7-14(19-20)12-6-5-11(22-4)8-13(12)18/h5-8H,9H2,1-4H3. The fraction of sp³-hybridized carbons (Fsp3) is 0.375. The van der Waals surface area contributed by atoms with Gasteiger partial charge in [-0.05, 0) is 39.0 Å². The number of ether oxygens (including phenoxy) is 2. The van der Waals surface area contributed by atoms with Crippen molar-refractivity contribution >= 4 is 22.0 Å². The molecule has 0 aliphatic carbocycles. The van der Waals surface area contributed by atoms with Crippen molar-refractivity contribution in [2.45, 2.75) is 31.7 Å². The number of hydrogen-bond acceptors (Lipinski definition) is 4. The predicted molar refractivity (Wildman–Crippen MR) is 88.4 cm³/mol. The van der Waals surface area contributed by atoms with Gasteiger partial charge in [-0.1, -0.05) is 15.9 Å². The van der Waals surface area contributed by atoms with Crippen LogP contribution in [0.2, 0.25) is 0 Å². The van der Waals surface area contributed by atoms with Gasteiger partial charge in [0, 0.05) is 17.0 Å². The molecule has 0 bridgehead atoms. The Morgan fingerprint density at radius 1 is 1.35 bits per heavy atom. The Morgan fingerprint density at radius 3 is 2.57 bits per heavy atom. The van der Waals surface area contributed by atoms with E-state index in [0.29, 0.717) is 22.5 Å². The number of carbonyl (C=O) groups is 1. The van der Waals surface area contributed by atoms with Crippen molar-refractivity contribution in [3.63, 3.8) is 0 Å². The summed E-state index contributed by atoms with van der Waals surface area (Å²) in [5.74, 6) is -0.0575. The van der Waals surface area contributed by atoms with Crippen LogP contribution in [0.25, 0.3) is 11.3 Å². The highest BCUT2D eigenvalue weighted by Crippen LogP contribution is 2.27. The van der Waals surface area contributed by atoms with Crippen LogP contribution in [0.4, 0.5) is 9.18 Å². The second-order valence-corrected chi connectivity index (χ2v) is 6.45. The maximum atomic E-state index is 14.2. The fourth-order valence-corrected chi connectivity index (χ4v) is 2.34. The van der Waals surface area contributed by atoms with E-state index < -0.39 is 17.5 Å². The van der Waals surface area contributed by atoms with Crippen LogP contribution in [0.15, 0.2) is 24.3 Å². The van der Waals surface area contributed by atoms with Crippen LogP contribution in [0, 0.1) is 5.82 Å². The van der Waals surface area contributed by atoms with E-state index in [2.05, 4.69) is 21.0 Å². The molecule has 0 unspecified atom stereocenters. The first-order chi connectivity index (χ1) is 10.7. The van der Waals surface area contributed by atoms with Crippen molar-refractivity contribution < 1.29 is 18.7 Å². The van der Waals surface area contributed by atoms with E-state index in [9.17, 15) is 9.18 Å². The molecule has 2 aromatic rings. The quantitative estimate of drug-likeness (QED) is 0.736. The maximum absolute atomic E-state index is 14.2. The minimum atomic E-state index is -0.641. The van der Waals surface area contributed by atoms with Gasteiger partial charge >= 0.3 is 6.09 Å². The normalized spacial score (nSPS) is 11.4. The summed E-state index contributed by atoms with van der Waals surface area (Å²) in [6, 6.07) is 6.12. The second-order valence-electron chi connectivity index (χ2n) is 5.89. The van der Waals surface area contributed by atoms with Gasteiger partial charge in [-0.2, -0.15) is 9.78 Å². The number of nitrogens with zero attached hydrogens (tertiary/aromatic N) is 2. The molecule has 7 heteroatoms. The highest BCUT2D eigenvalue weighted by Gasteiger charge is 2.22. The Balaban J connectivity index is 2.41. The number of carbonyl (C=O) groups excluding carboxylic acids is 1. The number of benzene rings is 1. The van der Waals surface area contributed by atoms with Gasteiger partial charge in [0.25, 0.3) is 0 Å². The van der Waals surface area contributed by atoms with Gasteiger partial charge < -0.3 is 9.47 Å².